The average Bonchev–Trinajstić information content (AvgIpc) is 3.10. The summed E-state index contributed by atoms with van der Waals surface area (Å²) in [4.78, 5) is 14.6. The number of piperidine rings is 1. The third-order valence-electron chi connectivity index (χ3n) is 5.18. The number of likely N-dealkylation sites (tertiary alicyclic amines) is 1. The molecule has 0 aromatic carbocycles. The van der Waals surface area contributed by atoms with Crippen LogP contribution in [-0.4, -0.2) is 46.0 Å². The summed E-state index contributed by atoms with van der Waals surface area (Å²) in [5.41, 5.74) is 3.02. The van der Waals surface area contributed by atoms with E-state index in [1.807, 2.05) is 18.3 Å². The highest BCUT2D eigenvalue weighted by Crippen LogP contribution is 2.30. The number of aromatic nitrogens is 3. The molecule has 1 unspecified atom stereocenters. The van der Waals surface area contributed by atoms with Crippen LogP contribution in [0.25, 0.3) is 22.2 Å². The third kappa shape index (κ3) is 3.69. The quantitative estimate of drug-likeness (QED) is 0.653. The molecule has 1 aliphatic rings. The van der Waals surface area contributed by atoms with Crippen molar-refractivity contribution in [1.82, 2.24) is 19.9 Å². The summed E-state index contributed by atoms with van der Waals surface area (Å²) >= 11 is 6.30. The van der Waals surface area contributed by atoms with Crippen molar-refractivity contribution in [2.45, 2.75) is 19.8 Å². The molecule has 6 heteroatoms. The number of pyridine rings is 2. The topological polar surface area (TPSA) is 56.8 Å². The molecule has 1 saturated heterocycles. The normalized spacial score (nSPS) is 18.3. The van der Waals surface area contributed by atoms with Gasteiger partial charge in [0.15, 0.2) is 0 Å². The lowest BCUT2D eigenvalue weighted by atomic mass is 9.98. The van der Waals surface area contributed by atoms with E-state index in [9.17, 15) is 0 Å². The van der Waals surface area contributed by atoms with Gasteiger partial charge in [-0.05, 0) is 61.7 Å². The molecular formula is C20H24ClN5. The molecule has 0 amide bonds. The fourth-order valence-electron chi connectivity index (χ4n) is 3.79. The first kappa shape index (κ1) is 17.3. The number of nitrogens with one attached hydrogen (secondary N) is 2. The molecule has 1 atom stereocenters. The zero-order chi connectivity index (χ0) is 17.9. The highest BCUT2D eigenvalue weighted by Gasteiger charge is 2.18. The Morgan fingerprint density at radius 2 is 2.31 bits per heavy atom. The highest BCUT2D eigenvalue weighted by atomic mass is 35.5. The maximum atomic E-state index is 6.30. The Hall–Kier alpha value is -2.11. The SMILES string of the molecule is CCN1CCCC(CNc2cc(-c3c[nH]c4ncccc34)cc(Cl)n2)C1. The lowest BCUT2D eigenvalue weighted by molar-refractivity contribution is 0.189. The van der Waals surface area contributed by atoms with Crippen LogP contribution in [0.4, 0.5) is 5.82 Å². The summed E-state index contributed by atoms with van der Waals surface area (Å²) in [6.45, 7) is 6.67. The van der Waals surface area contributed by atoms with Gasteiger partial charge in [0, 0.05) is 36.4 Å². The smallest absolute Gasteiger partial charge is 0.137 e. The number of hydrogen-bond acceptors (Lipinski definition) is 4. The number of H-pyrrole nitrogens is 1. The van der Waals surface area contributed by atoms with E-state index in [4.69, 9.17) is 11.6 Å². The molecule has 4 rings (SSSR count). The van der Waals surface area contributed by atoms with Gasteiger partial charge in [0.2, 0.25) is 0 Å². The summed E-state index contributed by atoms with van der Waals surface area (Å²) in [5, 5.41) is 5.09. The average molecular weight is 370 g/mol. The van der Waals surface area contributed by atoms with Gasteiger partial charge in [0.1, 0.15) is 16.6 Å². The van der Waals surface area contributed by atoms with Crippen molar-refractivity contribution < 1.29 is 0 Å². The standard InChI is InChI=1S/C20H24ClN5/c1-2-26-8-4-5-14(13-26)11-23-19-10-15(9-18(21)25-19)17-12-24-20-16(17)6-3-7-22-20/h3,6-7,9-10,12,14H,2,4-5,8,11,13H2,1H3,(H,22,24)(H,23,25). The molecule has 1 fully saturated rings. The minimum absolute atomic E-state index is 0.502. The first-order valence-electron chi connectivity index (χ1n) is 9.29. The van der Waals surface area contributed by atoms with Crippen LogP contribution >= 0.6 is 11.6 Å². The van der Waals surface area contributed by atoms with Gasteiger partial charge >= 0.3 is 0 Å². The molecule has 3 aromatic heterocycles. The second kappa shape index (κ2) is 7.64. The summed E-state index contributed by atoms with van der Waals surface area (Å²) in [6, 6.07) is 7.99. The first-order chi connectivity index (χ1) is 12.7. The van der Waals surface area contributed by atoms with Crippen molar-refractivity contribution in [2.75, 3.05) is 31.5 Å². The van der Waals surface area contributed by atoms with E-state index in [1.54, 1.807) is 6.20 Å². The van der Waals surface area contributed by atoms with E-state index in [0.717, 1.165) is 47.6 Å². The minimum Gasteiger partial charge on any atom is -0.370 e. The lowest BCUT2D eigenvalue weighted by Gasteiger charge is -2.32. The third-order valence-corrected chi connectivity index (χ3v) is 5.37. The summed E-state index contributed by atoms with van der Waals surface area (Å²) < 4.78 is 0. The number of fused-ring (bicyclic) bond motifs is 1. The molecule has 2 N–H and O–H groups in total. The monoisotopic (exact) mass is 369 g/mol. The van der Waals surface area contributed by atoms with Crippen molar-refractivity contribution in [2.24, 2.45) is 5.92 Å². The molecular weight excluding hydrogens is 346 g/mol. The van der Waals surface area contributed by atoms with Gasteiger partial charge in [-0.2, -0.15) is 0 Å². The van der Waals surface area contributed by atoms with Crippen LogP contribution in [0.3, 0.4) is 0 Å². The minimum atomic E-state index is 0.502. The summed E-state index contributed by atoms with van der Waals surface area (Å²) in [5.74, 6) is 1.49. The molecule has 136 valence electrons. The van der Waals surface area contributed by atoms with Gasteiger partial charge in [0.25, 0.3) is 0 Å². The summed E-state index contributed by atoms with van der Waals surface area (Å²) in [6.07, 6.45) is 6.31. The van der Waals surface area contributed by atoms with Crippen molar-refractivity contribution in [3.8, 4) is 11.1 Å². The van der Waals surface area contributed by atoms with E-state index in [0.29, 0.717) is 11.1 Å². The predicted molar refractivity (Wildman–Crippen MR) is 108 cm³/mol. The maximum absolute atomic E-state index is 6.30. The van der Waals surface area contributed by atoms with Gasteiger partial charge < -0.3 is 15.2 Å². The van der Waals surface area contributed by atoms with Gasteiger partial charge in [-0.1, -0.05) is 18.5 Å². The second-order valence-corrected chi connectivity index (χ2v) is 7.34. The van der Waals surface area contributed by atoms with E-state index in [-0.39, 0.29) is 0 Å². The molecule has 1 aliphatic heterocycles. The van der Waals surface area contributed by atoms with E-state index < -0.39 is 0 Å². The van der Waals surface area contributed by atoms with Crippen LogP contribution in [0.2, 0.25) is 5.15 Å². The Morgan fingerprint density at radius 1 is 1.38 bits per heavy atom. The molecule has 5 nitrogen and oxygen atoms in total. The number of hydrogen-bond donors (Lipinski definition) is 2. The Kier molecular flexibility index (Phi) is 5.09. The van der Waals surface area contributed by atoms with Crippen LogP contribution < -0.4 is 5.32 Å². The van der Waals surface area contributed by atoms with E-state index >= 15 is 0 Å². The van der Waals surface area contributed by atoms with Crippen molar-refractivity contribution in [1.29, 1.82) is 0 Å². The number of rotatable bonds is 5. The van der Waals surface area contributed by atoms with Crippen LogP contribution in [0, 0.1) is 5.92 Å². The lowest BCUT2D eigenvalue weighted by Crippen LogP contribution is -2.37. The number of aromatic amines is 1. The summed E-state index contributed by atoms with van der Waals surface area (Å²) in [7, 11) is 0. The molecule has 26 heavy (non-hydrogen) atoms. The van der Waals surface area contributed by atoms with Crippen LogP contribution in [0.5, 0.6) is 0 Å². The number of halogens is 1. The fourth-order valence-corrected chi connectivity index (χ4v) is 4.00. The van der Waals surface area contributed by atoms with Gasteiger partial charge in [-0.3, -0.25) is 0 Å². The van der Waals surface area contributed by atoms with E-state index in [2.05, 4.69) is 44.2 Å². The Balaban J connectivity index is 1.53. The van der Waals surface area contributed by atoms with Gasteiger partial charge in [-0.25, -0.2) is 9.97 Å². The van der Waals surface area contributed by atoms with Crippen LogP contribution in [-0.2, 0) is 0 Å². The van der Waals surface area contributed by atoms with Crippen molar-refractivity contribution >= 4 is 28.5 Å². The molecule has 4 heterocycles. The Labute approximate surface area is 158 Å². The predicted octanol–water partition coefficient (Wildman–Crippen LogP) is 4.42. The molecule has 0 saturated carbocycles. The molecule has 0 radical (unpaired) electrons. The zero-order valence-electron chi connectivity index (χ0n) is 15.0. The van der Waals surface area contributed by atoms with Gasteiger partial charge in [-0.15, -0.1) is 0 Å². The molecule has 3 aromatic rings. The fraction of sp³-hybridized carbons (Fsp3) is 0.400. The van der Waals surface area contributed by atoms with E-state index in [1.165, 1.54) is 19.4 Å². The first-order valence-corrected chi connectivity index (χ1v) is 9.67. The van der Waals surface area contributed by atoms with Crippen molar-refractivity contribution in [3.05, 3.63) is 41.8 Å². The number of nitrogens with zero attached hydrogens (tertiary/aromatic N) is 3. The zero-order valence-corrected chi connectivity index (χ0v) is 15.8. The maximum Gasteiger partial charge on any atom is 0.137 e. The highest BCUT2D eigenvalue weighted by molar-refractivity contribution is 6.29. The molecule has 0 bridgehead atoms. The molecule has 0 spiro atoms. The number of anilines is 1. The largest absolute Gasteiger partial charge is 0.370 e. The Morgan fingerprint density at radius 3 is 3.19 bits per heavy atom. The van der Waals surface area contributed by atoms with Gasteiger partial charge in [0.05, 0.1) is 0 Å². The molecule has 0 aliphatic carbocycles. The van der Waals surface area contributed by atoms with Crippen molar-refractivity contribution in [3.63, 3.8) is 0 Å². The van der Waals surface area contributed by atoms with Crippen LogP contribution in [0.15, 0.2) is 36.7 Å². The Bertz CT molecular complexity index is 891. The van der Waals surface area contributed by atoms with Crippen LogP contribution in [0.1, 0.15) is 19.8 Å². The second-order valence-electron chi connectivity index (χ2n) is 6.95.